The maximum Gasteiger partial charge on any atom is 0.150 e. The molecule has 0 atom stereocenters. The number of ether oxygens (including phenoxy) is 4. The van der Waals surface area contributed by atoms with Gasteiger partial charge in [0.05, 0.1) is 34.6 Å². The zero-order chi connectivity index (χ0) is 38.9. The van der Waals surface area contributed by atoms with Crippen molar-refractivity contribution >= 4 is 29.5 Å². The molecule has 0 heterocycles. The Hall–Kier alpha value is -5.68. The summed E-state index contributed by atoms with van der Waals surface area (Å²) in [4.78, 5) is 11.7. The maximum atomic E-state index is 11.7. The van der Waals surface area contributed by atoms with E-state index in [0.29, 0.717) is 17.1 Å². The number of benzene rings is 7. The summed E-state index contributed by atoms with van der Waals surface area (Å²) in [5, 5.41) is 4.03. The second kappa shape index (κ2) is 19.0. The fraction of sp³-hybridized carbons (Fsp3) is 0.140. The molecule has 288 valence electrons. The van der Waals surface area contributed by atoms with Gasteiger partial charge < -0.3 is 35.9 Å². The van der Waals surface area contributed by atoms with E-state index in [4.69, 9.17) is 18.9 Å². The minimum Gasteiger partial charge on any atom is -1.00 e. The van der Waals surface area contributed by atoms with Crippen molar-refractivity contribution in [3.05, 3.63) is 186 Å². The maximum absolute atomic E-state index is 11.7. The van der Waals surface area contributed by atoms with E-state index < -0.39 is 7.26 Å². The van der Waals surface area contributed by atoms with E-state index in [1.54, 1.807) is 34.5 Å². The van der Waals surface area contributed by atoms with E-state index in [2.05, 4.69) is 133 Å². The lowest BCUT2D eigenvalue weighted by molar-refractivity contribution is -0.0000184. The summed E-state index contributed by atoms with van der Waals surface area (Å²) in [7, 11) is 4.64. The van der Waals surface area contributed by atoms with Gasteiger partial charge in [-0.05, 0) is 120 Å². The monoisotopic (exact) mass is 836 g/mol. The van der Waals surface area contributed by atoms with Crippen LogP contribution in [0.15, 0.2) is 164 Å². The molecule has 5 nitrogen and oxygen atoms in total. The van der Waals surface area contributed by atoms with Crippen LogP contribution < -0.4 is 51.8 Å². The highest BCUT2D eigenvalue weighted by atomic mass is 79.9. The molecule has 0 aliphatic heterocycles. The van der Waals surface area contributed by atoms with Crippen LogP contribution in [0.2, 0.25) is 0 Å². The molecule has 0 fully saturated rings. The Morgan fingerprint density at radius 1 is 0.456 bits per heavy atom. The van der Waals surface area contributed by atoms with Gasteiger partial charge in [0.15, 0.2) is 0 Å². The van der Waals surface area contributed by atoms with Gasteiger partial charge in [0.25, 0.3) is 0 Å². The molecule has 0 saturated carbocycles. The van der Waals surface area contributed by atoms with Gasteiger partial charge in [-0.25, -0.2) is 0 Å². The smallest absolute Gasteiger partial charge is 0.150 e. The minimum absolute atomic E-state index is 0. The van der Waals surface area contributed by atoms with E-state index in [9.17, 15) is 4.79 Å². The van der Waals surface area contributed by atoms with Gasteiger partial charge in [0, 0.05) is 22.3 Å². The van der Waals surface area contributed by atoms with Gasteiger partial charge in [-0.3, -0.25) is 4.79 Å². The summed E-state index contributed by atoms with van der Waals surface area (Å²) in [6, 6.07) is 57.5. The van der Waals surface area contributed by atoms with E-state index in [1.165, 1.54) is 21.5 Å². The van der Waals surface area contributed by atoms with Gasteiger partial charge in [0.1, 0.15) is 52.5 Å². The minimum atomic E-state index is -2.11. The molecule has 0 radical (unpaired) electrons. The Morgan fingerprint density at radius 3 is 1.53 bits per heavy atom. The van der Waals surface area contributed by atoms with E-state index in [1.807, 2.05) is 24.3 Å². The van der Waals surface area contributed by atoms with Gasteiger partial charge in [-0.1, -0.05) is 78.9 Å². The molecule has 57 heavy (non-hydrogen) atoms. The first kappa shape index (κ1) is 41.0. The highest BCUT2D eigenvalue weighted by molar-refractivity contribution is 7.95. The number of aryl methyl sites for hydroxylation is 2. The molecule has 0 N–H and O–H groups in total. The van der Waals surface area contributed by atoms with Crippen LogP contribution in [0.3, 0.4) is 0 Å². The van der Waals surface area contributed by atoms with Crippen LogP contribution in [0.5, 0.6) is 23.0 Å². The molecule has 7 rings (SSSR count). The molecule has 0 unspecified atom stereocenters. The van der Waals surface area contributed by atoms with Crippen molar-refractivity contribution < 1.29 is 40.7 Å². The average molecular weight is 838 g/mol. The first-order valence-corrected chi connectivity index (χ1v) is 20.7. The molecule has 0 amide bonds. The topological polar surface area (TPSA) is 54.0 Å². The Morgan fingerprint density at radius 2 is 0.982 bits per heavy atom. The molecule has 7 heteroatoms. The summed E-state index contributed by atoms with van der Waals surface area (Å²) in [5.41, 5.74) is 7.86. The number of carbonyl (C=O) groups excluding carboxylic acids is 1. The van der Waals surface area contributed by atoms with Crippen LogP contribution in [0.25, 0.3) is 22.3 Å². The molecular formula is C50H46BrO5P. The second-order valence-corrected chi connectivity index (χ2v) is 17.1. The SMILES string of the molecule is COc1ccc(-c2ccc(C[P+](c3ccccc3)(c3ccccc3)c3ccccc3)cc2OC)c(CCc2ccc(OC)c(-c3cc(C=O)ccc3OC)c2)c1.[Br-]. The molecule has 0 aliphatic rings. The van der Waals surface area contributed by atoms with Crippen molar-refractivity contribution in [2.24, 2.45) is 0 Å². The Labute approximate surface area is 347 Å². The van der Waals surface area contributed by atoms with Gasteiger partial charge in [-0.2, -0.15) is 0 Å². The number of aldehydes is 1. The average Bonchev–Trinajstić information content (AvgIpc) is 3.27. The van der Waals surface area contributed by atoms with Crippen molar-refractivity contribution in [2.75, 3.05) is 28.4 Å². The lowest BCUT2D eigenvalue weighted by Gasteiger charge is -2.28. The molecule has 7 aromatic rings. The highest BCUT2D eigenvalue weighted by Gasteiger charge is 2.45. The Bertz CT molecular complexity index is 2320. The summed E-state index contributed by atoms with van der Waals surface area (Å²) >= 11 is 0. The normalized spacial score (nSPS) is 10.9. The standard InChI is InChI=1S/C50H46O5P.BrH/c1-52-40-25-27-44(39(33-40)24-20-36-22-28-48(53-2)46(30-36)47-31-37(34-51)23-29-49(47)54-3)45-26-21-38(32-50(45)55-4)35-56(41-14-8-5-9-15-41,42-16-10-6-11-17-42)43-18-12-7-13-19-43;/h5-19,21-23,25-34H,20,24,35H2,1-4H3;1H/q+1;/p-1. The van der Waals surface area contributed by atoms with Crippen LogP contribution in [-0.2, 0) is 19.0 Å². The van der Waals surface area contributed by atoms with Crippen LogP contribution in [-0.4, -0.2) is 34.7 Å². The van der Waals surface area contributed by atoms with E-state index in [0.717, 1.165) is 70.2 Å². The van der Waals surface area contributed by atoms with Crippen molar-refractivity contribution in [1.82, 2.24) is 0 Å². The molecule has 0 spiro atoms. The van der Waals surface area contributed by atoms with Crippen molar-refractivity contribution in [3.63, 3.8) is 0 Å². The molecule has 0 aliphatic carbocycles. The predicted molar refractivity (Wildman–Crippen MR) is 232 cm³/mol. The number of rotatable bonds is 15. The Kier molecular flexibility index (Phi) is 13.6. The molecular weight excluding hydrogens is 791 g/mol. The quantitative estimate of drug-likeness (QED) is 0.0812. The van der Waals surface area contributed by atoms with E-state index >= 15 is 0 Å². The third-order valence-electron chi connectivity index (χ3n) is 10.5. The second-order valence-electron chi connectivity index (χ2n) is 13.6. The predicted octanol–water partition coefficient (Wildman–Crippen LogP) is 7.15. The zero-order valence-electron chi connectivity index (χ0n) is 32.7. The number of methoxy groups -OCH3 is 4. The van der Waals surface area contributed by atoms with Crippen LogP contribution in [0.4, 0.5) is 0 Å². The molecule has 7 aromatic carbocycles. The largest absolute Gasteiger partial charge is 1.00 e. The highest BCUT2D eigenvalue weighted by Crippen LogP contribution is 2.58. The third-order valence-corrected chi connectivity index (χ3v) is 14.9. The summed E-state index contributed by atoms with van der Waals surface area (Å²) < 4.78 is 23.4. The van der Waals surface area contributed by atoms with Crippen LogP contribution >= 0.6 is 7.26 Å². The summed E-state index contributed by atoms with van der Waals surface area (Å²) in [5.74, 6) is 3.01. The van der Waals surface area contributed by atoms with Crippen LogP contribution in [0.1, 0.15) is 27.0 Å². The van der Waals surface area contributed by atoms with Crippen molar-refractivity contribution in [2.45, 2.75) is 19.0 Å². The third kappa shape index (κ3) is 8.68. The number of halogens is 1. The number of hydrogen-bond donors (Lipinski definition) is 0. The van der Waals surface area contributed by atoms with Crippen LogP contribution in [0, 0.1) is 0 Å². The molecule has 0 aromatic heterocycles. The first-order valence-electron chi connectivity index (χ1n) is 18.7. The molecule has 0 saturated heterocycles. The Balaban J connectivity index is 0.00000549. The lowest BCUT2D eigenvalue weighted by atomic mass is 9.92. The summed E-state index contributed by atoms with van der Waals surface area (Å²) in [6.07, 6.45) is 3.19. The zero-order valence-corrected chi connectivity index (χ0v) is 35.1. The fourth-order valence-electron chi connectivity index (χ4n) is 7.68. The van der Waals surface area contributed by atoms with Crippen molar-refractivity contribution in [1.29, 1.82) is 0 Å². The van der Waals surface area contributed by atoms with Gasteiger partial charge in [-0.15, -0.1) is 0 Å². The first-order chi connectivity index (χ1) is 27.5. The fourth-order valence-corrected chi connectivity index (χ4v) is 11.9. The van der Waals surface area contributed by atoms with Gasteiger partial charge in [0.2, 0.25) is 0 Å². The van der Waals surface area contributed by atoms with E-state index in [-0.39, 0.29) is 17.0 Å². The van der Waals surface area contributed by atoms with Gasteiger partial charge >= 0.3 is 0 Å². The number of carbonyl (C=O) groups is 1. The summed E-state index contributed by atoms with van der Waals surface area (Å²) in [6.45, 7) is 0. The lowest BCUT2D eigenvalue weighted by Crippen LogP contribution is -3.00. The number of hydrogen-bond acceptors (Lipinski definition) is 5. The molecule has 0 bridgehead atoms. The van der Waals surface area contributed by atoms with Crippen molar-refractivity contribution in [3.8, 4) is 45.3 Å².